The van der Waals surface area contributed by atoms with Gasteiger partial charge in [0.25, 0.3) is 0 Å². The molecular formula is C54H34N2O5. The topological polar surface area (TPSA) is 82.5 Å². The van der Waals surface area contributed by atoms with E-state index in [4.69, 9.17) is 9.47 Å². The van der Waals surface area contributed by atoms with Crippen molar-refractivity contribution in [3.8, 4) is 23.0 Å². The van der Waals surface area contributed by atoms with E-state index in [9.17, 15) is 15.0 Å². The molecule has 7 nitrogen and oxygen atoms in total. The average molecular weight is 791 g/mol. The highest BCUT2D eigenvalue weighted by atomic mass is 16.6. The number of anilines is 4. The maximum atomic E-state index is 14.2. The minimum Gasteiger partial charge on any atom is -0.508 e. The number of aromatic hydroxyl groups is 2. The molecule has 0 saturated heterocycles. The number of carbonyl (C=O) groups excluding carboxylic acids is 1. The molecule has 0 radical (unpaired) electrons. The Balaban J connectivity index is 1.15. The summed E-state index contributed by atoms with van der Waals surface area (Å²) in [5.74, 6) is 0.0970. The van der Waals surface area contributed by atoms with Crippen molar-refractivity contribution in [2.75, 3.05) is 23.9 Å². The molecule has 1 spiro atoms. The van der Waals surface area contributed by atoms with Gasteiger partial charge in [0, 0.05) is 59.5 Å². The number of esters is 1. The van der Waals surface area contributed by atoms with Gasteiger partial charge >= 0.3 is 5.97 Å². The third-order valence-corrected chi connectivity index (χ3v) is 13.3. The first kappa shape index (κ1) is 33.9. The number of rotatable bonds is 4. The fraction of sp³-hybridized carbons (Fsp3) is 0.0556. The van der Waals surface area contributed by atoms with Gasteiger partial charge in [0.1, 0.15) is 28.7 Å². The van der Waals surface area contributed by atoms with Crippen molar-refractivity contribution in [2.45, 2.75) is 5.60 Å². The van der Waals surface area contributed by atoms with Crippen LogP contribution in [0.25, 0.3) is 64.6 Å². The summed E-state index contributed by atoms with van der Waals surface area (Å²) in [6.07, 6.45) is 0. The molecule has 2 aliphatic heterocycles. The van der Waals surface area contributed by atoms with E-state index < -0.39 is 11.6 Å². The molecule has 0 aromatic heterocycles. The summed E-state index contributed by atoms with van der Waals surface area (Å²) in [7, 11) is 3.98. The third-order valence-electron chi connectivity index (χ3n) is 13.3. The van der Waals surface area contributed by atoms with Crippen LogP contribution in [-0.4, -0.2) is 30.3 Å². The van der Waals surface area contributed by atoms with Crippen molar-refractivity contribution >= 4 is 93.4 Å². The molecule has 11 aromatic carbocycles. The van der Waals surface area contributed by atoms with Crippen molar-refractivity contribution in [2.24, 2.45) is 0 Å². The quantitative estimate of drug-likeness (QED) is 0.136. The molecule has 7 heteroatoms. The van der Waals surface area contributed by atoms with E-state index in [1.807, 2.05) is 37.2 Å². The van der Waals surface area contributed by atoms with Gasteiger partial charge < -0.3 is 29.5 Å². The molecule has 0 aliphatic carbocycles. The number of phenolic OH excluding ortho intramolecular Hbond substituents is 2. The Morgan fingerprint density at radius 1 is 0.492 bits per heavy atom. The average Bonchev–Trinajstić information content (AvgIpc) is 3.57. The van der Waals surface area contributed by atoms with Crippen LogP contribution in [0.2, 0.25) is 0 Å². The van der Waals surface area contributed by atoms with Crippen molar-refractivity contribution in [3.05, 3.63) is 180 Å². The summed E-state index contributed by atoms with van der Waals surface area (Å²) in [6, 6.07) is 52.6. The number of carbonyl (C=O) groups is 1. The monoisotopic (exact) mass is 790 g/mol. The summed E-state index contributed by atoms with van der Waals surface area (Å²) in [5.41, 5.74) is 3.50. The summed E-state index contributed by atoms with van der Waals surface area (Å²) < 4.78 is 13.5. The molecule has 2 heterocycles. The maximum Gasteiger partial charge on any atom is 0.340 e. The van der Waals surface area contributed by atoms with Crippen LogP contribution in [0.15, 0.2) is 158 Å². The minimum atomic E-state index is -1.52. The Morgan fingerprint density at radius 2 is 1.02 bits per heavy atom. The largest absolute Gasteiger partial charge is 0.508 e. The van der Waals surface area contributed by atoms with Gasteiger partial charge in [0.15, 0.2) is 5.60 Å². The number of benzene rings is 11. The lowest BCUT2D eigenvalue weighted by Gasteiger charge is -2.41. The van der Waals surface area contributed by atoms with E-state index in [2.05, 4.69) is 114 Å². The third kappa shape index (κ3) is 4.34. The Morgan fingerprint density at radius 3 is 1.62 bits per heavy atom. The lowest BCUT2D eigenvalue weighted by atomic mass is 9.76. The fourth-order valence-corrected chi connectivity index (χ4v) is 10.7. The number of hydrogen-bond donors (Lipinski definition) is 2. The van der Waals surface area contributed by atoms with Gasteiger partial charge in [-0.25, -0.2) is 4.79 Å². The second-order valence-corrected chi connectivity index (χ2v) is 16.4. The van der Waals surface area contributed by atoms with E-state index >= 15 is 0 Å². The first-order chi connectivity index (χ1) is 29.8. The van der Waals surface area contributed by atoms with E-state index in [1.165, 1.54) is 16.8 Å². The Bertz CT molecular complexity index is 3680. The highest BCUT2D eigenvalue weighted by molar-refractivity contribution is 6.27. The van der Waals surface area contributed by atoms with Gasteiger partial charge in [-0.2, -0.15) is 0 Å². The van der Waals surface area contributed by atoms with Crippen LogP contribution in [0, 0.1) is 0 Å². The van der Waals surface area contributed by atoms with Crippen LogP contribution < -0.4 is 14.5 Å². The van der Waals surface area contributed by atoms with Crippen molar-refractivity contribution in [1.29, 1.82) is 0 Å². The van der Waals surface area contributed by atoms with Gasteiger partial charge in [-0.15, -0.1) is 0 Å². The van der Waals surface area contributed by atoms with E-state index in [-0.39, 0.29) is 11.5 Å². The van der Waals surface area contributed by atoms with Gasteiger partial charge in [-0.1, -0.05) is 115 Å². The van der Waals surface area contributed by atoms with Gasteiger partial charge in [0.2, 0.25) is 0 Å². The molecule has 0 fully saturated rings. The van der Waals surface area contributed by atoms with Crippen LogP contribution in [0.4, 0.5) is 22.7 Å². The van der Waals surface area contributed by atoms with E-state index in [1.54, 1.807) is 24.3 Å². The van der Waals surface area contributed by atoms with Crippen LogP contribution in [0.1, 0.15) is 27.0 Å². The molecule has 2 N–H and O–H groups in total. The molecular weight excluding hydrogens is 757 g/mol. The summed E-state index contributed by atoms with van der Waals surface area (Å²) in [6.45, 7) is 0. The molecule has 0 bridgehead atoms. The Labute approximate surface area is 349 Å². The predicted octanol–water partition coefficient (Wildman–Crippen LogP) is 13.0. The molecule has 61 heavy (non-hydrogen) atoms. The molecule has 11 aromatic rings. The summed E-state index contributed by atoms with van der Waals surface area (Å²) in [5, 5.41) is 37.0. The zero-order chi connectivity index (χ0) is 40.9. The molecule has 1 unspecified atom stereocenters. The SMILES string of the molecule is CN(c1c(O)cc2c(c1N(C)c1ccc3ccc4cccc5ccc1c3c45)C1(OC(=O)c3ccccc31)c1ccc(O)cc1O2)c1ccc2ccc3cccc4ccc1c2c34. The lowest BCUT2D eigenvalue weighted by molar-refractivity contribution is 0.0226. The highest BCUT2D eigenvalue weighted by Gasteiger charge is 2.56. The van der Waals surface area contributed by atoms with Crippen molar-refractivity contribution < 1.29 is 24.5 Å². The highest BCUT2D eigenvalue weighted by Crippen LogP contribution is 2.63. The van der Waals surface area contributed by atoms with E-state index in [0.717, 1.165) is 65.2 Å². The number of hydrogen-bond acceptors (Lipinski definition) is 7. The van der Waals surface area contributed by atoms with E-state index in [0.29, 0.717) is 45.1 Å². The van der Waals surface area contributed by atoms with Crippen LogP contribution in [0.3, 0.4) is 0 Å². The molecule has 290 valence electrons. The molecule has 0 amide bonds. The zero-order valence-electron chi connectivity index (χ0n) is 33.0. The van der Waals surface area contributed by atoms with Gasteiger partial charge in [-0.05, 0) is 84.2 Å². The number of ether oxygens (including phenoxy) is 2. The standard InChI is InChI=1S/C54H34N2O5/c1-55(41-25-19-33-15-13-29-7-5-9-31-17-22-37(41)48(33)46(29)31)51-43(58)28-45-50(54(40-24-21-35(57)27-44(40)60-45)39-12-4-3-11-36(39)53(59)61-54)52(51)56(2)42-26-20-34-16-14-30-8-6-10-32-18-23-38(42)49(34)47(30)32/h3-28,57-58H,1-2H3. The number of nitrogens with zero attached hydrogens (tertiary/aromatic N) is 2. The number of phenols is 2. The predicted molar refractivity (Wildman–Crippen MR) is 244 cm³/mol. The fourth-order valence-electron chi connectivity index (χ4n) is 10.7. The lowest BCUT2D eigenvalue weighted by Crippen LogP contribution is -2.35. The maximum absolute atomic E-state index is 14.2. The second kappa shape index (κ2) is 11.8. The smallest absolute Gasteiger partial charge is 0.340 e. The summed E-state index contributed by atoms with van der Waals surface area (Å²) >= 11 is 0. The molecule has 1 atom stereocenters. The Kier molecular flexibility index (Phi) is 6.56. The zero-order valence-corrected chi connectivity index (χ0v) is 33.0. The minimum absolute atomic E-state index is 0.00414. The van der Waals surface area contributed by atoms with Crippen LogP contribution in [-0.2, 0) is 10.3 Å². The van der Waals surface area contributed by atoms with Crippen LogP contribution >= 0.6 is 0 Å². The van der Waals surface area contributed by atoms with Crippen molar-refractivity contribution in [1.82, 2.24) is 0 Å². The molecule has 13 rings (SSSR count). The Hall–Kier alpha value is -8.03. The van der Waals surface area contributed by atoms with Crippen LogP contribution in [0.5, 0.6) is 23.0 Å². The molecule has 0 saturated carbocycles. The summed E-state index contributed by atoms with van der Waals surface area (Å²) in [4.78, 5) is 18.3. The van der Waals surface area contributed by atoms with Gasteiger partial charge in [0.05, 0.1) is 16.8 Å². The van der Waals surface area contributed by atoms with Crippen molar-refractivity contribution in [3.63, 3.8) is 0 Å². The molecule has 2 aliphatic rings. The number of fused-ring (bicyclic) bond motifs is 6. The van der Waals surface area contributed by atoms with Gasteiger partial charge in [-0.3, -0.25) is 0 Å². The second-order valence-electron chi connectivity index (χ2n) is 16.4. The first-order valence-electron chi connectivity index (χ1n) is 20.4. The first-order valence-corrected chi connectivity index (χ1v) is 20.4. The normalized spacial score (nSPS) is 15.5.